The summed E-state index contributed by atoms with van der Waals surface area (Å²) in [7, 11) is 0. The third-order valence-electron chi connectivity index (χ3n) is 1.87. The minimum Gasteiger partial charge on any atom is -0.381 e. The molecule has 70 valence electrons. The number of rotatable bonds is 2. The Labute approximate surface area is 85.7 Å². The van der Waals surface area contributed by atoms with Gasteiger partial charge in [-0.05, 0) is 18.2 Å². The molecule has 0 unspecified atom stereocenters. The average molecular weight is 218 g/mol. The highest BCUT2D eigenvalue weighted by molar-refractivity contribution is 8.00. The fraction of sp³-hybridized carbons (Fsp3) is 0.333. The summed E-state index contributed by atoms with van der Waals surface area (Å²) in [6.45, 7) is 0. The number of hydrogen-bond donors (Lipinski definition) is 1. The van der Waals surface area contributed by atoms with E-state index < -0.39 is 0 Å². The Bertz CT molecular complexity index is 294. The zero-order chi connectivity index (χ0) is 9.26. The van der Waals surface area contributed by atoms with E-state index in [-0.39, 0.29) is 5.82 Å². The third-order valence-corrected chi connectivity index (χ3v) is 3.37. The highest BCUT2D eigenvalue weighted by Gasteiger charge is 2.17. The summed E-state index contributed by atoms with van der Waals surface area (Å²) in [6, 6.07) is 4.99. The normalized spacial score (nSPS) is 16.8. The van der Waals surface area contributed by atoms with Gasteiger partial charge in [0.15, 0.2) is 0 Å². The van der Waals surface area contributed by atoms with Gasteiger partial charge in [0.2, 0.25) is 0 Å². The summed E-state index contributed by atoms with van der Waals surface area (Å²) in [5.74, 6) is 1.89. The Kier molecular flexibility index (Phi) is 2.65. The van der Waals surface area contributed by atoms with Crippen molar-refractivity contribution in [3.05, 3.63) is 29.0 Å². The molecule has 1 aliphatic heterocycles. The summed E-state index contributed by atoms with van der Waals surface area (Å²) in [4.78, 5) is 0. The molecule has 0 aromatic heterocycles. The Balaban J connectivity index is 2.10. The van der Waals surface area contributed by atoms with Crippen LogP contribution in [-0.4, -0.2) is 17.5 Å². The Hall–Kier alpha value is -0.410. The molecule has 0 amide bonds. The highest BCUT2D eigenvalue weighted by atomic mass is 35.5. The molecular formula is C9H9ClFNS. The van der Waals surface area contributed by atoms with Crippen LogP contribution in [0.1, 0.15) is 0 Å². The Morgan fingerprint density at radius 3 is 2.69 bits per heavy atom. The van der Waals surface area contributed by atoms with Crippen LogP contribution in [0.2, 0.25) is 5.02 Å². The van der Waals surface area contributed by atoms with Crippen molar-refractivity contribution in [1.82, 2.24) is 0 Å². The first-order valence-electron chi connectivity index (χ1n) is 4.04. The van der Waals surface area contributed by atoms with E-state index in [1.807, 2.05) is 11.8 Å². The summed E-state index contributed by atoms with van der Waals surface area (Å²) < 4.78 is 12.9. The lowest BCUT2D eigenvalue weighted by molar-refractivity contribution is 0.628. The average Bonchev–Trinajstić information content (AvgIpc) is 1.95. The van der Waals surface area contributed by atoms with E-state index >= 15 is 0 Å². The van der Waals surface area contributed by atoms with Gasteiger partial charge in [-0.1, -0.05) is 11.6 Å². The van der Waals surface area contributed by atoms with Crippen LogP contribution in [0.5, 0.6) is 0 Å². The van der Waals surface area contributed by atoms with Gasteiger partial charge in [-0.25, -0.2) is 4.39 Å². The summed E-state index contributed by atoms with van der Waals surface area (Å²) in [5.41, 5.74) is 0.773. The maximum atomic E-state index is 12.9. The van der Waals surface area contributed by atoms with Crippen LogP contribution in [0.15, 0.2) is 18.2 Å². The topological polar surface area (TPSA) is 12.0 Å². The molecule has 1 heterocycles. The molecule has 13 heavy (non-hydrogen) atoms. The predicted octanol–water partition coefficient (Wildman–Crippen LogP) is 3.01. The molecular weight excluding hydrogens is 209 g/mol. The number of halogens is 2. The van der Waals surface area contributed by atoms with Gasteiger partial charge in [-0.2, -0.15) is 11.8 Å². The smallest absolute Gasteiger partial charge is 0.126 e. The van der Waals surface area contributed by atoms with Gasteiger partial charge in [0, 0.05) is 28.3 Å². The fourth-order valence-electron chi connectivity index (χ4n) is 1.19. The van der Waals surface area contributed by atoms with Gasteiger partial charge >= 0.3 is 0 Å². The summed E-state index contributed by atoms with van der Waals surface area (Å²) in [5, 5.41) is 3.65. The minimum atomic E-state index is -0.290. The molecule has 1 aliphatic rings. The molecule has 1 aromatic rings. The minimum absolute atomic E-state index is 0.290. The molecule has 2 rings (SSSR count). The van der Waals surface area contributed by atoms with Crippen molar-refractivity contribution in [1.29, 1.82) is 0 Å². The van der Waals surface area contributed by atoms with Crippen molar-refractivity contribution in [3.8, 4) is 0 Å². The first kappa shape index (κ1) is 9.16. The molecule has 0 aliphatic carbocycles. The van der Waals surface area contributed by atoms with Gasteiger partial charge < -0.3 is 5.32 Å². The monoisotopic (exact) mass is 217 g/mol. The van der Waals surface area contributed by atoms with Gasteiger partial charge in [-0.15, -0.1) is 0 Å². The lowest BCUT2D eigenvalue weighted by Crippen LogP contribution is -2.33. The van der Waals surface area contributed by atoms with E-state index in [1.165, 1.54) is 12.1 Å². The number of anilines is 1. The van der Waals surface area contributed by atoms with Crippen molar-refractivity contribution in [2.45, 2.75) is 6.04 Å². The molecule has 1 aromatic carbocycles. The van der Waals surface area contributed by atoms with Crippen LogP contribution in [-0.2, 0) is 0 Å². The molecule has 1 fully saturated rings. The molecule has 0 atom stereocenters. The lowest BCUT2D eigenvalue weighted by atomic mass is 10.2. The van der Waals surface area contributed by atoms with Crippen molar-refractivity contribution in [3.63, 3.8) is 0 Å². The van der Waals surface area contributed by atoms with Crippen LogP contribution in [0, 0.1) is 5.82 Å². The van der Waals surface area contributed by atoms with Crippen molar-refractivity contribution < 1.29 is 4.39 Å². The van der Waals surface area contributed by atoms with Crippen LogP contribution in [0.4, 0.5) is 10.1 Å². The van der Waals surface area contributed by atoms with Gasteiger partial charge in [0.05, 0.1) is 0 Å². The first-order valence-corrected chi connectivity index (χ1v) is 5.58. The number of thioether (sulfide) groups is 1. The molecule has 1 saturated heterocycles. The van der Waals surface area contributed by atoms with Gasteiger partial charge in [0.25, 0.3) is 0 Å². The van der Waals surface area contributed by atoms with Crippen LogP contribution < -0.4 is 5.32 Å². The molecule has 0 saturated carbocycles. The van der Waals surface area contributed by atoms with Crippen LogP contribution in [0.25, 0.3) is 0 Å². The van der Waals surface area contributed by atoms with E-state index in [0.29, 0.717) is 11.1 Å². The third kappa shape index (κ3) is 2.29. The largest absolute Gasteiger partial charge is 0.381 e. The Morgan fingerprint density at radius 2 is 2.15 bits per heavy atom. The van der Waals surface area contributed by atoms with E-state index in [4.69, 9.17) is 11.6 Å². The Morgan fingerprint density at radius 1 is 1.38 bits per heavy atom. The molecule has 1 N–H and O–H groups in total. The predicted molar refractivity (Wildman–Crippen MR) is 56.1 cm³/mol. The second-order valence-corrected chi connectivity index (χ2v) is 4.55. The van der Waals surface area contributed by atoms with Crippen molar-refractivity contribution in [2.75, 3.05) is 16.8 Å². The molecule has 0 radical (unpaired) electrons. The number of hydrogen-bond acceptors (Lipinski definition) is 2. The molecule has 1 nitrogen and oxygen atoms in total. The number of benzene rings is 1. The van der Waals surface area contributed by atoms with E-state index in [2.05, 4.69) is 5.32 Å². The number of nitrogens with one attached hydrogen (secondary N) is 1. The SMILES string of the molecule is Fc1cc(Cl)cc(NC2CSC2)c1. The standard InChI is InChI=1S/C9H9ClFNS/c10-6-1-7(11)3-8(2-6)12-9-4-13-5-9/h1-3,9,12H,4-5H2. The fourth-order valence-corrected chi connectivity index (χ4v) is 2.05. The quantitative estimate of drug-likeness (QED) is 0.818. The molecule has 0 bridgehead atoms. The van der Waals surface area contributed by atoms with Gasteiger partial charge in [0.1, 0.15) is 5.82 Å². The summed E-state index contributed by atoms with van der Waals surface area (Å²) in [6.07, 6.45) is 0. The van der Waals surface area contributed by atoms with Crippen molar-refractivity contribution in [2.24, 2.45) is 0 Å². The van der Waals surface area contributed by atoms with E-state index in [1.54, 1.807) is 6.07 Å². The molecule has 0 spiro atoms. The van der Waals surface area contributed by atoms with Crippen molar-refractivity contribution >= 4 is 29.1 Å². The summed E-state index contributed by atoms with van der Waals surface area (Å²) >= 11 is 7.59. The second kappa shape index (κ2) is 3.76. The lowest BCUT2D eigenvalue weighted by Gasteiger charge is -2.27. The maximum Gasteiger partial charge on any atom is 0.126 e. The van der Waals surface area contributed by atoms with Gasteiger partial charge in [-0.3, -0.25) is 0 Å². The maximum absolute atomic E-state index is 12.9. The highest BCUT2D eigenvalue weighted by Crippen LogP contribution is 2.24. The van der Waals surface area contributed by atoms with E-state index in [0.717, 1.165) is 17.2 Å². The van der Waals surface area contributed by atoms with E-state index in [9.17, 15) is 4.39 Å². The zero-order valence-electron chi connectivity index (χ0n) is 6.89. The van der Waals surface area contributed by atoms with Crippen LogP contribution >= 0.6 is 23.4 Å². The first-order chi connectivity index (χ1) is 6.24. The molecule has 4 heteroatoms. The second-order valence-electron chi connectivity index (χ2n) is 3.04. The van der Waals surface area contributed by atoms with Crippen LogP contribution in [0.3, 0.4) is 0 Å². The zero-order valence-corrected chi connectivity index (χ0v) is 8.46.